The summed E-state index contributed by atoms with van der Waals surface area (Å²) >= 11 is 0. The van der Waals surface area contributed by atoms with Gasteiger partial charge in [0.2, 0.25) is 5.91 Å². The molecule has 2 N–H and O–H groups in total. The van der Waals surface area contributed by atoms with Gasteiger partial charge < -0.3 is 15.1 Å². The number of hydrogen-bond acceptors (Lipinski definition) is 4. The predicted molar refractivity (Wildman–Crippen MR) is 91.2 cm³/mol. The molecule has 1 aromatic heterocycles. The Balaban J connectivity index is 1.88. The third kappa shape index (κ3) is 3.33. The molecule has 0 saturated heterocycles. The van der Waals surface area contributed by atoms with Gasteiger partial charge in [0.1, 0.15) is 5.58 Å². The maximum atomic E-state index is 12.5. The first-order valence-electron chi connectivity index (χ1n) is 7.25. The van der Waals surface area contributed by atoms with Crippen LogP contribution in [0.1, 0.15) is 17.3 Å². The van der Waals surface area contributed by atoms with Crippen molar-refractivity contribution in [3.8, 4) is 0 Å². The first kappa shape index (κ1) is 15.5. The van der Waals surface area contributed by atoms with E-state index >= 15 is 0 Å². The van der Waals surface area contributed by atoms with Crippen LogP contribution in [0, 0.1) is 0 Å². The molecule has 0 aliphatic rings. The number of anilines is 2. The highest BCUT2D eigenvalue weighted by molar-refractivity contribution is 6.10. The molecule has 0 aliphatic heterocycles. The Morgan fingerprint density at radius 1 is 0.958 bits per heavy atom. The minimum atomic E-state index is -0.427. The standard InChI is InChI=1S/C18H14N2O4/c1-11(21)19-15-5-3-2-4-14(15)18(23)20-13-7-8-16-12(10-13)6-9-17(22)24-16/h2-10H,1H3,(H,19,21)(H,20,23). The first-order chi connectivity index (χ1) is 11.5. The highest BCUT2D eigenvalue weighted by atomic mass is 16.4. The summed E-state index contributed by atoms with van der Waals surface area (Å²) in [5.74, 6) is -0.605. The molecule has 0 atom stereocenters. The van der Waals surface area contributed by atoms with E-state index in [1.54, 1.807) is 48.5 Å². The van der Waals surface area contributed by atoms with Crippen LogP contribution in [-0.4, -0.2) is 11.8 Å². The van der Waals surface area contributed by atoms with E-state index in [2.05, 4.69) is 10.6 Å². The van der Waals surface area contributed by atoms with Gasteiger partial charge in [-0.15, -0.1) is 0 Å². The van der Waals surface area contributed by atoms with E-state index in [1.807, 2.05) is 0 Å². The number of carbonyl (C=O) groups excluding carboxylic acids is 2. The van der Waals surface area contributed by atoms with E-state index in [0.29, 0.717) is 27.9 Å². The lowest BCUT2D eigenvalue weighted by molar-refractivity contribution is -0.114. The summed E-state index contributed by atoms with van der Waals surface area (Å²) in [5.41, 5.74) is 1.36. The zero-order valence-electron chi connectivity index (χ0n) is 12.8. The minimum Gasteiger partial charge on any atom is -0.423 e. The molecular weight excluding hydrogens is 308 g/mol. The average Bonchev–Trinajstić information content (AvgIpc) is 2.55. The van der Waals surface area contributed by atoms with Crippen molar-refractivity contribution in [2.24, 2.45) is 0 Å². The predicted octanol–water partition coefficient (Wildman–Crippen LogP) is 3.00. The molecule has 120 valence electrons. The number of nitrogens with one attached hydrogen (secondary N) is 2. The van der Waals surface area contributed by atoms with Crippen molar-refractivity contribution in [2.45, 2.75) is 6.92 Å². The van der Waals surface area contributed by atoms with Gasteiger partial charge in [0.05, 0.1) is 11.3 Å². The van der Waals surface area contributed by atoms with Crippen LogP contribution in [0.2, 0.25) is 0 Å². The highest BCUT2D eigenvalue weighted by Crippen LogP contribution is 2.20. The Bertz CT molecular complexity index is 991. The van der Waals surface area contributed by atoms with Crippen LogP contribution < -0.4 is 16.3 Å². The van der Waals surface area contributed by atoms with Crippen LogP contribution >= 0.6 is 0 Å². The Kier molecular flexibility index (Phi) is 4.11. The summed E-state index contributed by atoms with van der Waals surface area (Å²) in [6.07, 6.45) is 0. The zero-order valence-corrected chi connectivity index (χ0v) is 12.8. The largest absolute Gasteiger partial charge is 0.423 e. The lowest BCUT2D eigenvalue weighted by Gasteiger charge is -2.10. The van der Waals surface area contributed by atoms with Gasteiger partial charge in [-0.05, 0) is 36.4 Å². The molecule has 0 saturated carbocycles. The van der Waals surface area contributed by atoms with Crippen molar-refractivity contribution in [2.75, 3.05) is 10.6 Å². The van der Waals surface area contributed by atoms with Gasteiger partial charge in [-0.3, -0.25) is 9.59 Å². The fourth-order valence-electron chi connectivity index (χ4n) is 2.33. The van der Waals surface area contributed by atoms with Crippen LogP contribution in [-0.2, 0) is 4.79 Å². The van der Waals surface area contributed by atoms with Crippen molar-refractivity contribution in [3.05, 3.63) is 70.6 Å². The third-order valence-electron chi connectivity index (χ3n) is 3.36. The average molecular weight is 322 g/mol. The van der Waals surface area contributed by atoms with E-state index in [0.717, 1.165) is 0 Å². The van der Waals surface area contributed by atoms with E-state index in [4.69, 9.17) is 4.42 Å². The van der Waals surface area contributed by atoms with Crippen molar-refractivity contribution in [3.63, 3.8) is 0 Å². The molecular formula is C18H14N2O4. The van der Waals surface area contributed by atoms with Gasteiger partial charge >= 0.3 is 5.63 Å². The molecule has 0 unspecified atom stereocenters. The van der Waals surface area contributed by atoms with Gasteiger partial charge in [-0.1, -0.05) is 12.1 Å². The van der Waals surface area contributed by atoms with Crippen molar-refractivity contribution in [1.29, 1.82) is 0 Å². The van der Waals surface area contributed by atoms with Crippen LogP contribution in [0.5, 0.6) is 0 Å². The number of hydrogen-bond donors (Lipinski definition) is 2. The Labute approximate surface area is 137 Å². The summed E-state index contributed by atoms with van der Waals surface area (Å²) in [6, 6.07) is 14.6. The molecule has 6 heteroatoms. The second-order valence-electron chi connectivity index (χ2n) is 5.19. The number of rotatable bonds is 3. The van der Waals surface area contributed by atoms with Gasteiger partial charge in [-0.2, -0.15) is 0 Å². The van der Waals surface area contributed by atoms with Crippen LogP contribution in [0.25, 0.3) is 11.0 Å². The molecule has 2 aromatic carbocycles. The molecule has 0 aliphatic carbocycles. The fraction of sp³-hybridized carbons (Fsp3) is 0.0556. The molecule has 0 bridgehead atoms. The van der Waals surface area contributed by atoms with Crippen molar-refractivity contribution >= 4 is 34.2 Å². The molecule has 1 heterocycles. The summed E-state index contributed by atoms with van der Waals surface area (Å²) in [7, 11) is 0. The second kappa shape index (κ2) is 6.37. The quantitative estimate of drug-likeness (QED) is 0.726. The molecule has 3 rings (SSSR count). The summed E-state index contributed by atoms with van der Waals surface area (Å²) in [5, 5.41) is 6.09. The van der Waals surface area contributed by atoms with Gasteiger partial charge in [0, 0.05) is 24.1 Å². The van der Waals surface area contributed by atoms with E-state index < -0.39 is 5.63 Å². The van der Waals surface area contributed by atoms with Gasteiger partial charge in [-0.25, -0.2) is 4.79 Å². The third-order valence-corrected chi connectivity index (χ3v) is 3.36. The van der Waals surface area contributed by atoms with Crippen molar-refractivity contribution in [1.82, 2.24) is 0 Å². The van der Waals surface area contributed by atoms with E-state index in [1.165, 1.54) is 13.0 Å². The monoisotopic (exact) mass is 322 g/mol. The molecule has 6 nitrogen and oxygen atoms in total. The molecule has 3 aromatic rings. The van der Waals surface area contributed by atoms with Gasteiger partial charge in [0.25, 0.3) is 5.91 Å². The number of fused-ring (bicyclic) bond motifs is 1. The van der Waals surface area contributed by atoms with Crippen LogP contribution in [0.4, 0.5) is 11.4 Å². The number of benzene rings is 2. The first-order valence-corrected chi connectivity index (χ1v) is 7.25. The maximum absolute atomic E-state index is 12.5. The smallest absolute Gasteiger partial charge is 0.336 e. The van der Waals surface area contributed by atoms with Crippen LogP contribution in [0.15, 0.2) is 63.8 Å². The lowest BCUT2D eigenvalue weighted by atomic mass is 10.1. The number of amides is 2. The maximum Gasteiger partial charge on any atom is 0.336 e. The second-order valence-corrected chi connectivity index (χ2v) is 5.19. The van der Waals surface area contributed by atoms with Crippen molar-refractivity contribution < 1.29 is 14.0 Å². The molecule has 24 heavy (non-hydrogen) atoms. The highest BCUT2D eigenvalue weighted by Gasteiger charge is 2.12. The lowest BCUT2D eigenvalue weighted by Crippen LogP contribution is -2.16. The number of carbonyl (C=O) groups is 2. The normalized spacial score (nSPS) is 10.4. The minimum absolute atomic E-state index is 0.254. The van der Waals surface area contributed by atoms with Crippen LogP contribution in [0.3, 0.4) is 0 Å². The van der Waals surface area contributed by atoms with E-state index in [9.17, 15) is 14.4 Å². The van der Waals surface area contributed by atoms with Gasteiger partial charge in [0.15, 0.2) is 0 Å². The molecule has 0 spiro atoms. The molecule has 2 amide bonds. The molecule has 0 fully saturated rings. The SMILES string of the molecule is CC(=O)Nc1ccccc1C(=O)Nc1ccc2oc(=O)ccc2c1. The summed E-state index contributed by atoms with van der Waals surface area (Å²) < 4.78 is 5.05. The summed E-state index contributed by atoms with van der Waals surface area (Å²) in [4.78, 5) is 34.9. The Hall–Kier alpha value is -3.41. The molecule has 0 radical (unpaired) electrons. The topological polar surface area (TPSA) is 88.4 Å². The van der Waals surface area contributed by atoms with E-state index in [-0.39, 0.29) is 11.8 Å². The Morgan fingerprint density at radius 3 is 2.54 bits per heavy atom. The zero-order chi connectivity index (χ0) is 17.1. The number of para-hydroxylation sites is 1. The summed E-state index contributed by atoms with van der Waals surface area (Å²) in [6.45, 7) is 1.38. The Morgan fingerprint density at radius 2 is 1.75 bits per heavy atom. The fourth-order valence-corrected chi connectivity index (χ4v) is 2.33.